The Morgan fingerprint density at radius 3 is 2.50 bits per heavy atom. The van der Waals surface area contributed by atoms with Gasteiger partial charge in [0, 0.05) is 6.92 Å². The Labute approximate surface area is 83.2 Å². The second-order valence-electron chi connectivity index (χ2n) is 2.97. The third-order valence-corrected chi connectivity index (χ3v) is 1.88. The van der Waals surface area contributed by atoms with Crippen molar-refractivity contribution in [3.63, 3.8) is 0 Å². The van der Waals surface area contributed by atoms with Crippen molar-refractivity contribution < 1.29 is 9.53 Å². The fourth-order valence-corrected chi connectivity index (χ4v) is 0.941. The highest BCUT2D eigenvalue weighted by Gasteiger charge is 2.28. The second kappa shape index (κ2) is 4.07. The number of hydrogen-bond acceptors (Lipinski definition) is 3. The number of ketones is 1. The van der Waals surface area contributed by atoms with Gasteiger partial charge in [0.15, 0.2) is 5.78 Å². The monoisotopic (exact) mass is 191 g/mol. The zero-order valence-corrected chi connectivity index (χ0v) is 8.07. The summed E-state index contributed by atoms with van der Waals surface area (Å²) in [5.74, 6) is 0.265. The number of ether oxygens (including phenoxy) is 1. The van der Waals surface area contributed by atoms with Gasteiger partial charge in [-0.25, -0.2) is 0 Å². The molecular weight excluding hydrogens is 178 g/mol. The van der Waals surface area contributed by atoms with Gasteiger partial charge in [-0.15, -0.1) is 0 Å². The minimum Gasteiger partial charge on any atom is -0.462 e. The van der Waals surface area contributed by atoms with E-state index in [2.05, 4.69) is 6.58 Å². The molecule has 74 valence electrons. The molecule has 1 unspecified atom stereocenters. The van der Waals surface area contributed by atoms with Crippen LogP contribution < -0.4 is 10.5 Å². The zero-order chi connectivity index (χ0) is 10.6. The molecule has 0 aromatic heterocycles. The first-order valence-corrected chi connectivity index (χ1v) is 4.26. The summed E-state index contributed by atoms with van der Waals surface area (Å²) in [6.45, 7) is 4.85. The number of hydrogen-bond donors (Lipinski definition) is 1. The lowest BCUT2D eigenvalue weighted by atomic mass is 10.1. The highest BCUT2D eigenvalue weighted by atomic mass is 16.5. The topological polar surface area (TPSA) is 52.3 Å². The van der Waals surface area contributed by atoms with Crippen molar-refractivity contribution in [1.82, 2.24) is 0 Å². The molecule has 0 amide bonds. The second-order valence-corrected chi connectivity index (χ2v) is 2.97. The molecule has 3 heteroatoms. The fraction of sp³-hybridized carbons (Fsp3) is 0.182. The van der Waals surface area contributed by atoms with Crippen LogP contribution in [0.15, 0.2) is 43.0 Å². The van der Waals surface area contributed by atoms with E-state index in [9.17, 15) is 4.79 Å². The molecule has 1 rings (SSSR count). The summed E-state index contributed by atoms with van der Waals surface area (Å²) in [6, 6.07) is 8.92. The van der Waals surface area contributed by atoms with Gasteiger partial charge < -0.3 is 4.74 Å². The van der Waals surface area contributed by atoms with Crippen molar-refractivity contribution in [3.8, 4) is 5.75 Å². The van der Waals surface area contributed by atoms with E-state index in [0.29, 0.717) is 5.75 Å². The fourth-order valence-electron chi connectivity index (χ4n) is 0.941. The van der Waals surface area contributed by atoms with Crippen molar-refractivity contribution in [2.24, 2.45) is 5.73 Å². The number of para-hydroxylation sites is 1. The number of nitrogens with two attached hydrogens (primary N) is 1. The third kappa shape index (κ3) is 2.20. The Morgan fingerprint density at radius 2 is 2.07 bits per heavy atom. The summed E-state index contributed by atoms with van der Waals surface area (Å²) >= 11 is 0. The van der Waals surface area contributed by atoms with Crippen LogP contribution >= 0.6 is 0 Å². The van der Waals surface area contributed by atoms with Crippen LogP contribution in [0.25, 0.3) is 0 Å². The Hall–Kier alpha value is -1.61. The average molecular weight is 191 g/mol. The van der Waals surface area contributed by atoms with Crippen LogP contribution in [0, 0.1) is 0 Å². The van der Waals surface area contributed by atoms with Crippen LogP contribution in [0.4, 0.5) is 0 Å². The molecule has 0 fully saturated rings. The lowest BCUT2D eigenvalue weighted by Crippen LogP contribution is -2.50. The van der Waals surface area contributed by atoms with Crippen LogP contribution in [0.3, 0.4) is 0 Å². The minimum absolute atomic E-state index is 0.281. The summed E-state index contributed by atoms with van der Waals surface area (Å²) in [5.41, 5.74) is 4.25. The highest BCUT2D eigenvalue weighted by molar-refractivity contribution is 5.86. The van der Waals surface area contributed by atoms with Gasteiger partial charge >= 0.3 is 0 Å². The molecule has 0 heterocycles. The predicted molar refractivity (Wildman–Crippen MR) is 54.9 cm³/mol. The van der Waals surface area contributed by atoms with Gasteiger partial charge in [-0.05, 0) is 18.2 Å². The number of carbonyl (C=O) groups excluding carboxylic acids is 1. The lowest BCUT2D eigenvalue weighted by Gasteiger charge is -2.23. The van der Waals surface area contributed by atoms with E-state index in [-0.39, 0.29) is 5.78 Å². The Kier molecular flexibility index (Phi) is 3.04. The third-order valence-electron chi connectivity index (χ3n) is 1.88. The first kappa shape index (κ1) is 10.5. The van der Waals surface area contributed by atoms with E-state index in [1.165, 1.54) is 13.0 Å². The van der Waals surface area contributed by atoms with Crippen molar-refractivity contribution >= 4 is 5.78 Å². The molecule has 0 spiro atoms. The standard InChI is InChI=1S/C11H13NO2/c1-3-11(12,9(2)13)14-10-7-5-4-6-8-10/h3-8H,1,12H2,2H3. The van der Waals surface area contributed by atoms with Crippen molar-refractivity contribution in [2.75, 3.05) is 0 Å². The van der Waals surface area contributed by atoms with Gasteiger partial charge in [-0.1, -0.05) is 24.8 Å². The predicted octanol–water partition coefficient (Wildman–Crippen LogP) is 1.50. The first-order chi connectivity index (χ1) is 6.58. The van der Waals surface area contributed by atoms with E-state index < -0.39 is 5.72 Å². The molecule has 0 aliphatic carbocycles. The van der Waals surface area contributed by atoms with E-state index in [0.717, 1.165) is 0 Å². The summed E-state index contributed by atoms with van der Waals surface area (Å²) in [4.78, 5) is 11.2. The van der Waals surface area contributed by atoms with Crippen molar-refractivity contribution in [1.29, 1.82) is 0 Å². The van der Waals surface area contributed by atoms with E-state index in [1.807, 2.05) is 6.07 Å². The number of carbonyl (C=O) groups is 1. The largest absolute Gasteiger partial charge is 0.462 e. The maximum Gasteiger partial charge on any atom is 0.236 e. The van der Waals surface area contributed by atoms with E-state index in [4.69, 9.17) is 10.5 Å². The van der Waals surface area contributed by atoms with Gasteiger partial charge in [-0.2, -0.15) is 0 Å². The van der Waals surface area contributed by atoms with Gasteiger partial charge in [0.2, 0.25) is 5.72 Å². The molecule has 14 heavy (non-hydrogen) atoms. The zero-order valence-electron chi connectivity index (χ0n) is 8.07. The van der Waals surface area contributed by atoms with E-state index in [1.54, 1.807) is 24.3 Å². The number of benzene rings is 1. The van der Waals surface area contributed by atoms with Crippen molar-refractivity contribution in [2.45, 2.75) is 12.6 Å². The van der Waals surface area contributed by atoms with Crippen LogP contribution in [0.5, 0.6) is 5.75 Å². The van der Waals surface area contributed by atoms with Gasteiger partial charge in [0.1, 0.15) is 5.75 Å². The molecule has 1 atom stereocenters. The normalized spacial score (nSPS) is 14.1. The van der Waals surface area contributed by atoms with Gasteiger partial charge in [0.25, 0.3) is 0 Å². The lowest BCUT2D eigenvalue weighted by molar-refractivity contribution is -0.128. The molecule has 2 N–H and O–H groups in total. The molecule has 0 aliphatic heterocycles. The summed E-state index contributed by atoms with van der Waals surface area (Å²) in [7, 11) is 0. The van der Waals surface area contributed by atoms with Crippen LogP contribution in [0.2, 0.25) is 0 Å². The maximum absolute atomic E-state index is 11.2. The SMILES string of the molecule is C=CC(N)(Oc1ccccc1)C(C)=O. The average Bonchev–Trinajstić information content (AvgIpc) is 2.19. The molecule has 0 aliphatic rings. The smallest absolute Gasteiger partial charge is 0.236 e. The van der Waals surface area contributed by atoms with Gasteiger partial charge in [-0.3, -0.25) is 10.5 Å². The Balaban J connectivity index is 2.86. The van der Waals surface area contributed by atoms with Crippen LogP contribution in [0.1, 0.15) is 6.92 Å². The van der Waals surface area contributed by atoms with Crippen LogP contribution in [-0.4, -0.2) is 11.5 Å². The molecule has 0 saturated heterocycles. The molecule has 0 bridgehead atoms. The quantitative estimate of drug-likeness (QED) is 0.579. The molecular formula is C11H13NO2. The highest BCUT2D eigenvalue weighted by Crippen LogP contribution is 2.15. The summed E-state index contributed by atoms with van der Waals surface area (Å²) in [6.07, 6.45) is 1.29. The summed E-state index contributed by atoms with van der Waals surface area (Å²) in [5, 5.41) is 0. The molecule has 1 aromatic rings. The van der Waals surface area contributed by atoms with E-state index >= 15 is 0 Å². The Bertz CT molecular complexity index is 334. The van der Waals surface area contributed by atoms with Crippen LogP contribution in [-0.2, 0) is 4.79 Å². The minimum atomic E-state index is -1.43. The Morgan fingerprint density at radius 1 is 1.50 bits per heavy atom. The maximum atomic E-state index is 11.2. The number of Topliss-reactive ketones (excluding diaryl/α,β-unsaturated/α-hetero) is 1. The molecule has 0 saturated carbocycles. The van der Waals surface area contributed by atoms with Crippen molar-refractivity contribution in [3.05, 3.63) is 43.0 Å². The first-order valence-electron chi connectivity index (χ1n) is 4.26. The molecule has 3 nitrogen and oxygen atoms in total. The molecule has 1 aromatic carbocycles. The van der Waals surface area contributed by atoms with Gasteiger partial charge in [0.05, 0.1) is 0 Å². The molecule has 0 radical (unpaired) electrons. The number of rotatable bonds is 4. The summed E-state index contributed by atoms with van der Waals surface area (Å²) < 4.78 is 5.32.